The zero-order valence-electron chi connectivity index (χ0n) is 25.3. The Morgan fingerprint density at radius 1 is 0.660 bits per heavy atom. The summed E-state index contributed by atoms with van der Waals surface area (Å²) in [5.74, 6) is -6.41. The first kappa shape index (κ1) is 49.3. The van der Waals surface area contributed by atoms with Crippen LogP contribution in [0, 0.1) is 0 Å². The molecule has 0 saturated heterocycles. The van der Waals surface area contributed by atoms with Crippen LogP contribution < -0.4 is 40.1 Å². The number of primary amides is 2. The van der Waals surface area contributed by atoms with Gasteiger partial charge in [-0.15, -0.1) is 0 Å². The topological polar surface area (TPSA) is 443 Å². The summed E-state index contributed by atoms with van der Waals surface area (Å²) in [6, 6.07) is 1.31. The molecule has 270 valence electrons. The molecule has 0 fully saturated rings. The molecule has 21 nitrogen and oxygen atoms in total. The number of rotatable bonds is 14. The number of aliphatic hydroxyl groups is 1. The highest BCUT2D eigenvalue weighted by Crippen LogP contribution is 2.10. The third kappa shape index (κ3) is 32.6. The van der Waals surface area contributed by atoms with Gasteiger partial charge in [-0.2, -0.15) is 12.6 Å². The molecule has 21 N–H and O–H groups in total. The molecule has 1 rings (SSSR count). The Morgan fingerprint density at radius 2 is 1.06 bits per heavy atom. The van der Waals surface area contributed by atoms with Gasteiger partial charge in [-0.1, -0.05) is 12.1 Å². The summed E-state index contributed by atoms with van der Waals surface area (Å²) >= 11 is 3.65. The van der Waals surface area contributed by atoms with Crippen molar-refractivity contribution in [3.05, 3.63) is 29.8 Å². The number of hydrogen-bond acceptors (Lipinski definition) is 15. The van der Waals surface area contributed by atoms with Gasteiger partial charge in [0, 0.05) is 12.2 Å². The van der Waals surface area contributed by atoms with Gasteiger partial charge in [-0.25, -0.2) is 0 Å². The van der Waals surface area contributed by atoms with E-state index in [-0.39, 0.29) is 37.2 Å². The highest BCUT2D eigenvalue weighted by molar-refractivity contribution is 7.80. The fourth-order valence-electron chi connectivity index (χ4n) is 1.98. The van der Waals surface area contributed by atoms with Crippen molar-refractivity contribution in [2.75, 3.05) is 5.75 Å². The van der Waals surface area contributed by atoms with E-state index in [9.17, 15) is 33.6 Å². The van der Waals surface area contributed by atoms with Crippen LogP contribution >= 0.6 is 12.6 Å². The quantitative estimate of drug-likeness (QED) is 0.0812. The normalized spacial score (nSPS) is 13.4. The molecule has 0 bridgehead atoms. The minimum absolute atomic E-state index is 0.0213. The fourth-order valence-corrected chi connectivity index (χ4v) is 2.14. The zero-order valence-corrected chi connectivity index (χ0v) is 26.2. The summed E-state index contributed by atoms with van der Waals surface area (Å²) < 4.78 is 0. The summed E-state index contributed by atoms with van der Waals surface area (Å²) in [5.41, 5.74) is 35.3. The van der Waals surface area contributed by atoms with E-state index in [1.807, 2.05) is 0 Å². The van der Waals surface area contributed by atoms with Crippen LogP contribution in [-0.2, 0) is 40.0 Å². The van der Waals surface area contributed by atoms with Crippen LogP contribution in [0.5, 0.6) is 5.75 Å². The lowest BCUT2D eigenvalue weighted by atomic mass is 10.1. The molecule has 0 aliphatic carbocycles. The Morgan fingerprint density at radius 3 is 1.28 bits per heavy atom. The Balaban J connectivity index is -0.000000251. The van der Waals surface area contributed by atoms with Crippen molar-refractivity contribution in [3.63, 3.8) is 0 Å². The molecule has 6 atom stereocenters. The maximum Gasteiger partial charge on any atom is 0.323 e. The van der Waals surface area contributed by atoms with Gasteiger partial charge in [0.15, 0.2) is 0 Å². The molecule has 0 aliphatic heterocycles. The number of phenols is 1. The molecular formula is C25H45N7O14S. The van der Waals surface area contributed by atoms with E-state index in [1.54, 1.807) is 12.1 Å². The molecule has 0 heterocycles. The third-order valence-electron chi connectivity index (χ3n) is 4.79. The Labute approximate surface area is 274 Å². The molecule has 0 radical (unpaired) electrons. The fraction of sp³-hybridized carbons (Fsp3) is 0.480. The summed E-state index contributed by atoms with van der Waals surface area (Å²) in [7, 11) is 0. The van der Waals surface area contributed by atoms with E-state index in [0.29, 0.717) is 0 Å². The summed E-state index contributed by atoms with van der Waals surface area (Å²) in [6.45, 7) is 1.33. The molecule has 0 spiro atoms. The molecular weight excluding hydrogens is 654 g/mol. The Kier molecular flexibility index (Phi) is 29.1. The van der Waals surface area contributed by atoms with Crippen LogP contribution in [0.15, 0.2) is 24.3 Å². The van der Waals surface area contributed by atoms with Crippen molar-refractivity contribution < 1.29 is 69.3 Å². The maximum atomic E-state index is 10.4. The van der Waals surface area contributed by atoms with Gasteiger partial charge in [0.1, 0.15) is 36.0 Å². The monoisotopic (exact) mass is 699 g/mol. The van der Waals surface area contributed by atoms with Gasteiger partial charge in [0.2, 0.25) is 11.8 Å². The minimum atomic E-state index is -1.21. The lowest BCUT2D eigenvalue weighted by Crippen LogP contribution is -2.39. The zero-order chi connectivity index (χ0) is 38.0. The Bertz CT molecular complexity index is 1130. The van der Waals surface area contributed by atoms with E-state index in [1.165, 1.54) is 19.1 Å². The van der Waals surface area contributed by atoms with Crippen molar-refractivity contribution in [3.8, 4) is 5.75 Å². The first-order valence-corrected chi connectivity index (χ1v) is 13.6. The van der Waals surface area contributed by atoms with Gasteiger partial charge in [0.05, 0.1) is 12.5 Å². The number of amides is 2. The van der Waals surface area contributed by atoms with E-state index in [4.69, 9.17) is 70.1 Å². The number of hydrogen-bond donors (Lipinski definition) is 15. The number of thiol groups is 1. The van der Waals surface area contributed by atoms with Crippen LogP contribution in [0.25, 0.3) is 0 Å². The van der Waals surface area contributed by atoms with Crippen LogP contribution in [0.3, 0.4) is 0 Å². The van der Waals surface area contributed by atoms with Crippen molar-refractivity contribution in [1.82, 2.24) is 0 Å². The highest BCUT2D eigenvalue weighted by Gasteiger charge is 2.16. The highest BCUT2D eigenvalue weighted by atomic mass is 32.1. The second-order valence-corrected chi connectivity index (χ2v) is 9.48. The lowest BCUT2D eigenvalue weighted by molar-refractivity contribution is -0.141. The van der Waals surface area contributed by atoms with Crippen molar-refractivity contribution >= 4 is 54.3 Å². The SMILES string of the molecule is C[C@@H](O)[C@H](N)C(=O)O.NC(=O)CC[C@H](N)C(=O)O.NC(=O)C[C@H](N)C(=O)O.N[C@@H](CS)C(=O)O.N[C@@H](Cc1ccc(O)cc1)C(=O)O. The third-order valence-corrected chi connectivity index (χ3v) is 5.18. The number of carboxylic acids is 5. The van der Waals surface area contributed by atoms with Crippen LogP contribution in [0.1, 0.15) is 31.7 Å². The van der Waals surface area contributed by atoms with E-state index in [0.717, 1.165) is 5.56 Å². The van der Waals surface area contributed by atoms with Crippen molar-refractivity contribution in [1.29, 1.82) is 0 Å². The number of carboxylic acid groups (broad SMARTS) is 5. The second-order valence-electron chi connectivity index (χ2n) is 9.11. The molecule has 0 unspecified atom stereocenters. The molecule has 47 heavy (non-hydrogen) atoms. The number of aromatic hydroxyl groups is 1. The lowest BCUT2D eigenvalue weighted by Gasteiger charge is -2.06. The summed E-state index contributed by atoms with van der Waals surface area (Å²) in [6.07, 6.45) is -0.893. The van der Waals surface area contributed by atoms with Crippen LogP contribution in [-0.4, -0.2) is 119 Å². The predicted octanol–water partition coefficient (Wildman–Crippen LogP) is -4.61. The first-order chi connectivity index (χ1) is 21.4. The van der Waals surface area contributed by atoms with Gasteiger partial charge in [-0.05, 0) is 37.5 Å². The van der Waals surface area contributed by atoms with E-state index >= 15 is 0 Å². The van der Waals surface area contributed by atoms with Crippen LogP contribution in [0.2, 0.25) is 0 Å². The molecule has 22 heteroatoms. The molecule has 1 aromatic rings. The average Bonchev–Trinajstić information content (AvgIpc) is 2.96. The average molecular weight is 700 g/mol. The van der Waals surface area contributed by atoms with Crippen molar-refractivity contribution in [2.45, 2.75) is 68.9 Å². The number of carbonyl (C=O) groups is 7. The van der Waals surface area contributed by atoms with Crippen molar-refractivity contribution in [2.24, 2.45) is 40.1 Å². The van der Waals surface area contributed by atoms with Gasteiger partial charge in [-0.3, -0.25) is 33.6 Å². The smallest absolute Gasteiger partial charge is 0.323 e. The first-order valence-electron chi connectivity index (χ1n) is 13.0. The van der Waals surface area contributed by atoms with E-state index < -0.39 is 78.0 Å². The van der Waals surface area contributed by atoms with Gasteiger partial charge >= 0.3 is 29.8 Å². The Hall–Kier alpha value is -4.58. The maximum absolute atomic E-state index is 10.4. The minimum Gasteiger partial charge on any atom is -0.508 e. The molecule has 0 saturated carbocycles. The number of phenolic OH excluding ortho intramolecular Hbond substituents is 1. The number of aliphatic hydroxyl groups excluding tert-OH is 1. The predicted molar refractivity (Wildman–Crippen MR) is 168 cm³/mol. The number of carbonyl (C=O) groups excluding carboxylic acids is 2. The van der Waals surface area contributed by atoms with Gasteiger partial charge in [0.25, 0.3) is 0 Å². The molecule has 2 amide bonds. The summed E-state index contributed by atoms with van der Waals surface area (Å²) in [5, 5.41) is 58.4. The standard InChI is InChI=1S/C9H11NO3.C5H10N2O3.C4H8N2O3.C4H9NO3.C3H7NO2S/c10-8(9(12)13)5-6-1-3-7(11)4-2-6;6-3(5(9)10)1-2-4(7)8;5-2(4(8)9)1-3(6)7;1-2(6)3(5)4(7)8;4-2(1-7)3(5)6/h1-4,8,11H,5,10H2,(H,12,13);3H,1-2,6H2,(H2,7,8)(H,9,10);2H,1,5H2,(H2,6,7)(H,8,9);2-3,6H,5H2,1H3,(H,7,8);2,7H,1,4H2,(H,5,6)/t8-;3-;2-;2-,3+;2-/m00010/s1. The van der Waals surface area contributed by atoms with Crippen LogP contribution in [0.4, 0.5) is 0 Å². The second kappa shape index (κ2) is 27.7. The molecule has 0 aliphatic rings. The summed E-state index contributed by atoms with van der Waals surface area (Å²) in [4.78, 5) is 70.0. The van der Waals surface area contributed by atoms with E-state index in [2.05, 4.69) is 18.4 Å². The molecule has 0 aromatic heterocycles. The largest absolute Gasteiger partial charge is 0.508 e. The number of benzene rings is 1. The number of aliphatic carboxylic acids is 5. The van der Waals surface area contributed by atoms with Gasteiger partial charge < -0.3 is 75.9 Å². The number of nitrogens with two attached hydrogens (primary N) is 7. The molecule has 1 aromatic carbocycles.